The number of aromatic nitrogens is 2. The highest BCUT2D eigenvalue weighted by molar-refractivity contribution is 5.56. The van der Waals surface area contributed by atoms with Crippen molar-refractivity contribution in [3.05, 3.63) is 11.4 Å². The molecule has 0 saturated carbocycles. The summed E-state index contributed by atoms with van der Waals surface area (Å²) in [4.78, 5) is 8.70. The van der Waals surface area contributed by atoms with Crippen LogP contribution in [0.5, 0.6) is 0 Å². The Morgan fingerprint density at radius 3 is 2.63 bits per heavy atom. The third-order valence-corrected chi connectivity index (χ3v) is 2.77. The quantitative estimate of drug-likeness (QED) is 0.401. The number of anilines is 2. The van der Waals surface area contributed by atoms with E-state index in [0.717, 1.165) is 23.6 Å². The van der Waals surface area contributed by atoms with Gasteiger partial charge in [-0.25, -0.2) is 15.8 Å². The molecule has 0 aliphatic heterocycles. The van der Waals surface area contributed by atoms with Gasteiger partial charge >= 0.3 is 0 Å². The van der Waals surface area contributed by atoms with Crippen molar-refractivity contribution < 1.29 is 9.84 Å². The van der Waals surface area contributed by atoms with E-state index >= 15 is 0 Å². The Labute approximate surface area is 113 Å². The maximum absolute atomic E-state index is 9.57. The van der Waals surface area contributed by atoms with Gasteiger partial charge in [-0.2, -0.15) is 0 Å². The Bertz CT molecular complexity index is 400. The number of hydrogen-bond acceptors (Lipinski definition) is 7. The van der Waals surface area contributed by atoms with Gasteiger partial charge < -0.3 is 20.6 Å². The van der Waals surface area contributed by atoms with E-state index in [4.69, 9.17) is 10.6 Å². The van der Waals surface area contributed by atoms with E-state index in [1.165, 1.54) is 0 Å². The minimum absolute atomic E-state index is 0.334. The first kappa shape index (κ1) is 15.6. The van der Waals surface area contributed by atoms with Gasteiger partial charge in [0.15, 0.2) is 0 Å². The molecule has 0 saturated heterocycles. The van der Waals surface area contributed by atoms with Gasteiger partial charge in [0.2, 0.25) is 0 Å². The van der Waals surface area contributed by atoms with E-state index in [0.29, 0.717) is 25.4 Å². The molecule has 1 rings (SSSR count). The maximum atomic E-state index is 9.57. The second-order valence-electron chi connectivity index (χ2n) is 4.28. The Balaban J connectivity index is 2.66. The van der Waals surface area contributed by atoms with Crippen LogP contribution in [0.4, 0.5) is 11.6 Å². The van der Waals surface area contributed by atoms with Crippen LogP contribution in [0.1, 0.15) is 24.7 Å². The summed E-state index contributed by atoms with van der Waals surface area (Å²) < 4.78 is 4.87. The normalized spacial score (nSPS) is 12.3. The van der Waals surface area contributed by atoms with Crippen molar-refractivity contribution in [2.24, 2.45) is 5.84 Å². The average molecular weight is 269 g/mol. The first-order valence-corrected chi connectivity index (χ1v) is 6.37. The van der Waals surface area contributed by atoms with Crippen LogP contribution in [0.3, 0.4) is 0 Å². The standard InChI is InChI=1S/C12H23N5O2/c1-4-10-15-11(8(2)12(16-10)17-13)14-6-5-9(18)7-19-3/h9,18H,4-7,13H2,1-3H3,(H2,14,15,16,17). The molecule has 1 atom stereocenters. The first-order valence-electron chi connectivity index (χ1n) is 6.37. The molecule has 0 aliphatic carbocycles. The fraction of sp³-hybridized carbons (Fsp3) is 0.667. The summed E-state index contributed by atoms with van der Waals surface area (Å²) in [6, 6.07) is 0. The third-order valence-electron chi connectivity index (χ3n) is 2.77. The summed E-state index contributed by atoms with van der Waals surface area (Å²) in [5.41, 5.74) is 3.43. The minimum Gasteiger partial charge on any atom is -0.391 e. The Kier molecular flexibility index (Phi) is 6.48. The number of nitrogens with zero attached hydrogens (tertiary/aromatic N) is 2. The minimum atomic E-state index is -0.475. The molecule has 7 nitrogen and oxygen atoms in total. The molecule has 0 fully saturated rings. The van der Waals surface area contributed by atoms with Crippen molar-refractivity contribution in [1.29, 1.82) is 0 Å². The lowest BCUT2D eigenvalue weighted by Gasteiger charge is -2.14. The van der Waals surface area contributed by atoms with Crippen LogP contribution in [0.2, 0.25) is 0 Å². The van der Waals surface area contributed by atoms with Gasteiger partial charge in [0, 0.05) is 25.6 Å². The van der Waals surface area contributed by atoms with E-state index in [9.17, 15) is 5.11 Å². The highest BCUT2D eigenvalue weighted by Gasteiger charge is 2.10. The number of ether oxygens (including phenoxy) is 1. The molecule has 0 radical (unpaired) electrons. The van der Waals surface area contributed by atoms with Crippen molar-refractivity contribution in [1.82, 2.24) is 9.97 Å². The number of methoxy groups -OCH3 is 1. The van der Waals surface area contributed by atoms with Crippen molar-refractivity contribution in [2.45, 2.75) is 32.8 Å². The number of rotatable bonds is 8. The molecule has 5 N–H and O–H groups in total. The molecular formula is C12H23N5O2. The molecule has 19 heavy (non-hydrogen) atoms. The second kappa shape index (κ2) is 7.88. The predicted molar refractivity (Wildman–Crippen MR) is 74.9 cm³/mol. The van der Waals surface area contributed by atoms with Gasteiger partial charge in [-0.1, -0.05) is 6.92 Å². The largest absolute Gasteiger partial charge is 0.391 e. The number of nitrogens with two attached hydrogens (primary N) is 1. The van der Waals surface area contributed by atoms with Gasteiger partial charge in [-0.15, -0.1) is 0 Å². The van der Waals surface area contributed by atoms with Crippen LogP contribution in [0.15, 0.2) is 0 Å². The summed E-state index contributed by atoms with van der Waals surface area (Å²) >= 11 is 0. The van der Waals surface area contributed by atoms with Crippen molar-refractivity contribution in [2.75, 3.05) is 31.0 Å². The zero-order valence-corrected chi connectivity index (χ0v) is 11.7. The highest BCUT2D eigenvalue weighted by atomic mass is 16.5. The third kappa shape index (κ3) is 4.62. The molecule has 1 heterocycles. The molecule has 0 bridgehead atoms. The predicted octanol–water partition coefficient (Wildman–Crippen LogP) is 0.442. The van der Waals surface area contributed by atoms with Crippen LogP contribution in [-0.4, -0.2) is 41.4 Å². The molecular weight excluding hydrogens is 246 g/mol. The smallest absolute Gasteiger partial charge is 0.148 e. The van der Waals surface area contributed by atoms with Gasteiger partial charge in [-0.05, 0) is 13.3 Å². The van der Waals surface area contributed by atoms with Gasteiger partial charge in [-0.3, -0.25) is 0 Å². The maximum Gasteiger partial charge on any atom is 0.148 e. The number of nitrogen functional groups attached to an aromatic ring is 1. The molecule has 1 unspecified atom stereocenters. The van der Waals surface area contributed by atoms with Crippen molar-refractivity contribution in [3.8, 4) is 0 Å². The van der Waals surface area contributed by atoms with E-state index in [1.807, 2.05) is 13.8 Å². The van der Waals surface area contributed by atoms with Crippen LogP contribution in [-0.2, 0) is 11.2 Å². The number of aliphatic hydroxyl groups excluding tert-OH is 1. The Hall–Kier alpha value is -1.44. The van der Waals surface area contributed by atoms with E-state index in [1.54, 1.807) is 7.11 Å². The molecule has 7 heteroatoms. The molecule has 108 valence electrons. The molecule has 1 aromatic heterocycles. The lowest BCUT2D eigenvalue weighted by Crippen LogP contribution is -2.20. The Morgan fingerprint density at radius 2 is 2.05 bits per heavy atom. The van der Waals surface area contributed by atoms with Crippen LogP contribution >= 0.6 is 0 Å². The summed E-state index contributed by atoms with van der Waals surface area (Å²) in [6.45, 7) is 4.81. The summed E-state index contributed by atoms with van der Waals surface area (Å²) in [5.74, 6) is 7.51. The second-order valence-corrected chi connectivity index (χ2v) is 4.28. The van der Waals surface area contributed by atoms with Crippen LogP contribution in [0.25, 0.3) is 0 Å². The van der Waals surface area contributed by atoms with Gasteiger partial charge in [0.1, 0.15) is 17.5 Å². The molecule has 0 aliphatic rings. The number of hydrazine groups is 1. The number of aliphatic hydroxyl groups is 1. The monoisotopic (exact) mass is 269 g/mol. The van der Waals surface area contributed by atoms with E-state index in [-0.39, 0.29) is 0 Å². The lowest BCUT2D eigenvalue weighted by molar-refractivity contribution is 0.0615. The van der Waals surface area contributed by atoms with Crippen LogP contribution in [0, 0.1) is 6.92 Å². The molecule has 1 aromatic rings. The summed E-state index contributed by atoms with van der Waals surface area (Å²) in [6.07, 6.45) is 0.845. The number of aryl methyl sites for hydroxylation is 1. The van der Waals surface area contributed by atoms with Gasteiger partial charge in [0.05, 0.1) is 12.7 Å². The molecule has 0 aromatic carbocycles. The van der Waals surface area contributed by atoms with E-state index < -0.39 is 6.10 Å². The fourth-order valence-electron chi connectivity index (χ4n) is 1.67. The lowest BCUT2D eigenvalue weighted by atomic mass is 10.2. The van der Waals surface area contributed by atoms with Crippen molar-refractivity contribution in [3.63, 3.8) is 0 Å². The average Bonchev–Trinajstić information content (AvgIpc) is 2.41. The van der Waals surface area contributed by atoms with Crippen LogP contribution < -0.4 is 16.6 Å². The zero-order valence-electron chi connectivity index (χ0n) is 11.7. The zero-order chi connectivity index (χ0) is 14.3. The number of hydrogen-bond donors (Lipinski definition) is 4. The number of nitrogens with one attached hydrogen (secondary N) is 2. The fourth-order valence-corrected chi connectivity index (χ4v) is 1.67. The van der Waals surface area contributed by atoms with Gasteiger partial charge in [0.25, 0.3) is 0 Å². The summed E-state index contributed by atoms with van der Waals surface area (Å²) in [5, 5.41) is 12.8. The van der Waals surface area contributed by atoms with E-state index in [2.05, 4.69) is 20.7 Å². The SMILES string of the molecule is CCc1nc(NN)c(C)c(NCCC(O)COC)n1. The molecule has 0 spiro atoms. The summed E-state index contributed by atoms with van der Waals surface area (Å²) in [7, 11) is 1.57. The topological polar surface area (TPSA) is 105 Å². The molecule has 0 amide bonds. The first-order chi connectivity index (χ1) is 9.12. The highest BCUT2D eigenvalue weighted by Crippen LogP contribution is 2.19. The Morgan fingerprint density at radius 1 is 1.37 bits per heavy atom. The van der Waals surface area contributed by atoms with Crippen molar-refractivity contribution >= 4 is 11.6 Å².